The van der Waals surface area contributed by atoms with Crippen molar-refractivity contribution in [2.45, 2.75) is 0 Å². The Hall–Kier alpha value is -12.4. The summed E-state index contributed by atoms with van der Waals surface area (Å²) in [5.74, 6) is 1.64. The van der Waals surface area contributed by atoms with Crippen LogP contribution in [-0.2, 0) is 0 Å². The highest BCUT2D eigenvalue weighted by molar-refractivity contribution is 6.28. The van der Waals surface area contributed by atoms with E-state index in [0.717, 1.165) is 127 Å². The Labute approximate surface area is 516 Å². The van der Waals surface area contributed by atoms with Crippen LogP contribution in [0.15, 0.2) is 303 Å². The highest BCUT2D eigenvalue weighted by atomic mass is 15.1. The second-order valence-corrected chi connectivity index (χ2v) is 23.0. The molecule has 0 fully saturated rings. The minimum Gasteiger partial charge on any atom is -0.309 e. The number of fused-ring (bicyclic) bond motifs is 14. The van der Waals surface area contributed by atoms with E-state index in [-0.39, 0.29) is 0 Å². The molecule has 0 amide bonds. The summed E-state index contributed by atoms with van der Waals surface area (Å²) < 4.78 is 9.71. The van der Waals surface area contributed by atoms with Gasteiger partial charge in [0.25, 0.3) is 0 Å². The number of benzene rings is 13. The van der Waals surface area contributed by atoms with Crippen molar-refractivity contribution >= 4 is 87.2 Å². The van der Waals surface area contributed by atoms with E-state index in [4.69, 9.17) is 15.0 Å². The van der Waals surface area contributed by atoms with Crippen LogP contribution in [0.25, 0.3) is 166 Å². The lowest BCUT2D eigenvalue weighted by molar-refractivity contribution is 1.06. The van der Waals surface area contributed by atoms with Gasteiger partial charge in [-0.2, -0.15) is 5.26 Å². The molecule has 90 heavy (non-hydrogen) atoms. The fourth-order valence-electron chi connectivity index (χ4n) is 14.2. The van der Waals surface area contributed by atoms with Crippen LogP contribution >= 0.6 is 0 Å². The Morgan fingerprint density at radius 3 is 1.12 bits per heavy atom. The first-order valence-corrected chi connectivity index (χ1v) is 30.3. The summed E-state index contributed by atoms with van der Waals surface area (Å²) in [6.07, 6.45) is 0. The summed E-state index contributed by atoms with van der Waals surface area (Å²) in [5, 5.41) is 20.0. The average Bonchev–Trinajstić information content (AvgIpc) is 1.57. The largest absolute Gasteiger partial charge is 0.309 e. The molecule has 0 aliphatic heterocycles. The quantitative estimate of drug-likeness (QED) is 0.144. The van der Waals surface area contributed by atoms with E-state index in [1.807, 2.05) is 60.7 Å². The van der Waals surface area contributed by atoms with E-state index in [1.165, 1.54) is 21.5 Å². The summed E-state index contributed by atoms with van der Waals surface area (Å²) in [4.78, 5) is 16.3. The third-order valence-corrected chi connectivity index (χ3v) is 18.1. The molecule has 0 bridgehead atoms. The standard InChI is InChI=1S/C82H50N8/c83-51-56-27-13-14-32-59(56)54-41-45-72(89-70-39-21-17-35-64(70)76-74(89)47-43-62-60-33-15-19-37-68(60)87(78(62)76)57-28-9-3-10-29-57)66(49-54)55-42-46-73(67(50-55)82-85-80(52-23-5-1-6-24-52)84-81(86-82)53-25-7-2-8-26-53)90-71-40-22-18-36-65(71)77-75(90)48-44-63-61-34-16-20-38-69(61)88(79(63)77)58-30-11-4-12-31-58/h1-50H. The van der Waals surface area contributed by atoms with E-state index in [2.05, 4.69) is 267 Å². The van der Waals surface area contributed by atoms with Gasteiger partial charge in [0.2, 0.25) is 0 Å². The van der Waals surface area contributed by atoms with Crippen LogP contribution in [0.2, 0.25) is 0 Å². The summed E-state index contributed by atoms with van der Waals surface area (Å²) in [7, 11) is 0. The first-order valence-electron chi connectivity index (χ1n) is 30.3. The molecule has 0 radical (unpaired) electrons. The van der Waals surface area contributed by atoms with Crippen LogP contribution in [0.3, 0.4) is 0 Å². The molecule has 0 spiro atoms. The first kappa shape index (κ1) is 50.8. The number of hydrogen-bond donors (Lipinski definition) is 0. The molecule has 8 nitrogen and oxygen atoms in total. The number of nitrogens with zero attached hydrogens (tertiary/aromatic N) is 8. The van der Waals surface area contributed by atoms with E-state index in [1.54, 1.807) is 0 Å². The van der Waals surface area contributed by atoms with Crippen LogP contribution in [0.5, 0.6) is 0 Å². The Bertz CT molecular complexity index is 5910. The fraction of sp³-hybridized carbons (Fsp3) is 0. The molecule has 18 aromatic rings. The second kappa shape index (κ2) is 20.3. The van der Waals surface area contributed by atoms with Crippen molar-refractivity contribution in [3.8, 4) is 85.2 Å². The van der Waals surface area contributed by atoms with Gasteiger partial charge in [-0.25, -0.2) is 15.0 Å². The van der Waals surface area contributed by atoms with Gasteiger partial charge in [0, 0.05) is 76.7 Å². The molecule has 0 unspecified atom stereocenters. The third kappa shape index (κ3) is 7.77. The van der Waals surface area contributed by atoms with Gasteiger partial charge in [-0.1, -0.05) is 212 Å². The predicted molar refractivity (Wildman–Crippen MR) is 369 cm³/mol. The Morgan fingerprint density at radius 1 is 0.256 bits per heavy atom. The SMILES string of the molecule is N#Cc1ccccc1-c1ccc(-n2c3ccccc3c3c2ccc2c4ccccc4n(-c4ccccc4)c23)c(-c2ccc(-n3c4ccccc4c4c3ccc3c5ccccc5n(-c5ccccc5)c34)c(-c3nc(-c4ccccc4)nc(-c4ccccc4)n3)c2)c1. The Morgan fingerprint density at radius 2 is 0.633 bits per heavy atom. The normalized spacial score (nSPS) is 11.8. The fourth-order valence-corrected chi connectivity index (χ4v) is 14.2. The van der Waals surface area contributed by atoms with Crippen molar-refractivity contribution in [2.24, 2.45) is 0 Å². The van der Waals surface area contributed by atoms with Crippen LogP contribution in [-0.4, -0.2) is 33.2 Å². The highest BCUT2D eigenvalue weighted by Crippen LogP contribution is 2.47. The molecule has 0 saturated heterocycles. The van der Waals surface area contributed by atoms with Crippen molar-refractivity contribution in [2.75, 3.05) is 0 Å². The van der Waals surface area contributed by atoms with Crippen molar-refractivity contribution in [1.29, 1.82) is 5.26 Å². The van der Waals surface area contributed by atoms with Crippen LogP contribution in [0.4, 0.5) is 0 Å². The maximum absolute atomic E-state index is 10.7. The van der Waals surface area contributed by atoms with Crippen molar-refractivity contribution in [3.05, 3.63) is 309 Å². The summed E-state index contributed by atoms with van der Waals surface area (Å²) in [5.41, 5.74) is 19.6. The van der Waals surface area contributed by atoms with E-state index in [0.29, 0.717) is 23.0 Å². The van der Waals surface area contributed by atoms with Crippen LogP contribution < -0.4 is 0 Å². The highest BCUT2D eigenvalue weighted by Gasteiger charge is 2.27. The maximum atomic E-state index is 10.7. The lowest BCUT2D eigenvalue weighted by Crippen LogP contribution is -2.04. The Kier molecular flexibility index (Phi) is 11.5. The van der Waals surface area contributed by atoms with Gasteiger partial charge >= 0.3 is 0 Å². The third-order valence-electron chi connectivity index (χ3n) is 18.1. The lowest BCUT2D eigenvalue weighted by Gasteiger charge is -2.19. The van der Waals surface area contributed by atoms with E-state index < -0.39 is 0 Å². The van der Waals surface area contributed by atoms with Gasteiger partial charge in [-0.15, -0.1) is 0 Å². The van der Waals surface area contributed by atoms with Gasteiger partial charge in [-0.05, 0) is 108 Å². The molecular formula is C82H50N8. The van der Waals surface area contributed by atoms with Gasteiger partial charge in [0.1, 0.15) is 0 Å². The molecule has 13 aromatic carbocycles. The smallest absolute Gasteiger partial charge is 0.166 e. The van der Waals surface area contributed by atoms with Crippen molar-refractivity contribution in [1.82, 2.24) is 33.2 Å². The average molecular weight is 1150 g/mol. The molecule has 8 heteroatoms. The topological polar surface area (TPSA) is 82.2 Å². The zero-order valence-corrected chi connectivity index (χ0v) is 48.4. The molecule has 5 heterocycles. The first-order chi connectivity index (χ1) is 44.6. The number of para-hydroxylation sites is 6. The lowest BCUT2D eigenvalue weighted by atomic mass is 9.93. The molecule has 0 atom stereocenters. The minimum absolute atomic E-state index is 0.519. The van der Waals surface area contributed by atoms with Crippen LogP contribution in [0.1, 0.15) is 5.56 Å². The second-order valence-electron chi connectivity index (χ2n) is 23.0. The zero-order chi connectivity index (χ0) is 59.4. The van der Waals surface area contributed by atoms with Crippen molar-refractivity contribution in [3.63, 3.8) is 0 Å². The molecule has 0 saturated carbocycles. The maximum Gasteiger partial charge on any atom is 0.166 e. The predicted octanol–water partition coefficient (Wildman–Crippen LogP) is 20.5. The number of rotatable bonds is 9. The monoisotopic (exact) mass is 1150 g/mol. The number of hydrogen-bond acceptors (Lipinski definition) is 4. The molecule has 418 valence electrons. The summed E-state index contributed by atoms with van der Waals surface area (Å²) in [6.45, 7) is 0. The minimum atomic E-state index is 0.519. The molecule has 0 aliphatic rings. The van der Waals surface area contributed by atoms with Gasteiger partial charge in [-0.3, -0.25) is 0 Å². The number of aromatic nitrogens is 7. The van der Waals surface area contributed by atoms with Gasteiger partial charge in [0.05, 0.1) is 67.1 Å². The number of nitriles is 1. The summed E-state index contributed by atoms with van der Waals surface area (Å²) >= 11 is 0. The van der Waals surface area contributed by atoms with Gasteiger partial charge in [0.15, 0.2) is 17.5 Å². The summed E-state index contributed by atoms with van der Waals surface area (Å²) in [6, 6.07) is 110. The van der Waals surface area contributed by atoms with E-state index in [9.17, 15) is 5.26 Å². The molecular weight excluding hydrogens is 1100 g/mol. The zero-order valence-electron chi connectivity index (χ0n) is 48.4. The molecule has 5 aromatic heterocycles. The molecule has 0 N–H and O–H groups in total. The molecule has 0 aliphatic carbocycles. The van der Waals surface area contributed by atoms with Crippen LogP contribution in [0, 0.1) is 11.3 Å². The van der Waals surface area contributed by atoms with E-state index >= 15 is 0 Å². The molecule has 18 rings (SSSR count). The van der Waals surface area contributed by atoms with Crippen molar-refractivity contribution < 1.29 is 0 Å². The Balaban J connectivity index is 0.966. The van der Waals surface area contributed by atoms with Gasteiger partial charge < -0.3 is 18.3 Å².